The van der Waals surface area contributed by atoms with Gasteiger partial charge >= 0.3 is 0 Å². The number of aromatic nitrogens is 2. The monoisotopic (exact) mass is 418 g/mol. The van der Waals surface area contributed by atoms with Gasteiger partial charge in [0.15, 0.2) is 5.11 Å². The van der Waals surface area contributed by atoms with Crippen molar-refractivity contribution >= 4 is 40.3 Å². The number of methoxy groups -OCH3 is 1. The Morgan fingerprint density at radius 3 is 2.71 bits per heavy atom. The summed E-state index contributed by atoms with van der Waals surface area (Å²) in [5.74, 6) is 0.377. The van der Waals surface area contributed by atoms with Crippen molar-refractivity contribution in [2.24, 2.45) is 0 Å². The van der Waals surface area contributed by atoms with Crippen molar-refractivity contribution in [2.45, 2.75) is 20.4 Å². The Hall–Kier alpha value is -2.64. The van der Waals surface area contributed by atoms with Gasteiger partial charge in [-0.05, 0) is 55.9 Å². The lowest BCUT2D eigenvalue weighted by atomic mass is 10.2. The fourth-order valence-corrected chi connectivity index (χ4v) is 3.27. The number of rotatable bonds is 5. The molecule has 0 bridgehead atoms. The normalized spacial score (nSPS) is 10.6. The van der Waals surface area contributed by atoms with Crippen LogP contribution >= 0.6 is 23.8 Å². The number of hydrogen-bond acceptors (Lipinski definition) is 3. The van der Waals surface area contributed by atoms with Crippen LogP contribution in [0.5, 0.6) is 5.75 Å². The second kappa shape index (κ2) is 8.58. The summed E-state index contributed by atoms with van der Waals surface area (Å²) in [5, 5.41) is 11.7. The van der Waals surface area contributed by atoms with Gasteiger partial charge in [0.25, 0.3) is 0 Å². The van der Waals surface area contributed by atoms with Gasteiger partial charge in [0.05, 0.1) is 30.7 Å². The standard InChI is InChI=1S/C20H20ClFN4OS/c1-12-19(24-20(28)23-16-5-4-6-17(10-16)27-3)13(2)26(25-12)11-14-7-8-15(22)9-18(14)21/h4-10H,11H2,1-3H3,(H2,23,24,28). The smallest absolute Gasteiger partial charge is 0.175 e. The summed E-state index contributed by atoms with van der Waals surface area (Å²) in [6, 6.07) is 11.8. The van der Waals surface area contributed by atoms with Gasteiger partial charge < -0.3 is 15.4 Å². The van der Waals surface area contributed by atoms with E-state index in [4.69, 9.17) is 28.6 Å². The molecule has 3 rings (SSSR count). The van der Waals surface area contributed by atoms with Crippen LogP contribution in [0.1, 0.15) is 17.0 Å². The molecule has 0 aliphatic carbocycles. The van der Waals surface area contributed by atoms with Crippen LogP contribution in [0, 0.1) is 19.7 Å². The summed E-state index contributed by atoms with van der Waals surface area (Å²) in [7, 11) is 1.62. The van der Waals surface area contributed by atoms with E-state index >= 15 is 0 Å². The van der Waals surface area contributed by atoms with E-state index in [1.807, 2.05) is 42.8 Å². The van der Waals surface area contributed by atoms with Crippen molar-refractivity contribution in [3.8, 4) is 5.75 Å². The van der Waals surface area contributed by atoms with Gasteiger partial charge in [-0.3, -0.25) is 4.68 Å². The number of hydrogen-bond donors (Lipinski definition) is 2. The highest BCUT2D eigenvalue weighted by Gasteiger charge is 2.14. The van der Waals surface area contributed by atoms with Crippen LogP contribution in [0.25, 0.3) is 0 Å². The zero-order valence-corrected chi connectivity index (χ0v) is 17.3. The number of nitrogens with one attached hydrogen (secondary N) is 2. The molecule has 0 aliphatic heterocycles. The third kappa shape index (κ3) is 4.61. The zero-order chi connectivity index (χ0) is 20.3. The van der Waals surface area contributed by atoms with E-state index in [1.165, 1.54) is 12.1 Å². The van der Waals surface area contributed by atoms with Gasteiger partial charge in [-0.1, -0.05) is 23.7 Å². The van der Waals surface area contributed by atoms with E-state index in [9.17, 15) is 4.39 Å². The highest BCUT2D eigenvalue weighted by molar-refractivity contribution is 7.80. The molecule has 8 heteroatoms. The highest BCUT2D eigenvalue weighted by atomic mass is 35.5. The molecule has 0 aliphatic rings. The molecule has 5 nitrogen and oxygen atoms in total. The van der Waals surface area contributed by atoms with E-state index < -0.39 is 0 Å². The fraction of sp³-hybridized carbons (Fsp3) is 0.200. The molecular weight excluding hydrogens is 399 g/mol. The van der Waals surface area contributed by atoms with Gasteiger partial charge in [0.1, 0.15) is 11.6 Å². The topological polar surface area (TPSA) is 51.1 Å². The lowest BCUT2D eigenvalue weighted by Crippen LogP contribution is -2.20. The number of thiocarbonyl (C=S) groups is 1. The summed E-state index contributed by atoms with van der Waals surface area (Å²) in [4.78, 5) is 0. The van der Waals surface area contributed by atoms with Crippen LogP contribution < -0.4 is 15.4 Å². The summed E-state index contributed by atoms with van der Waals surface area (Å²) >= 11 is 11.6. The molecule has 0 atom stereocenters. The molecule has 0 spiro atoms. The highest BCUT2D eigenvalue weighted by Crippen LogP contribution is 2.24. The molecule has 0 amide bonds. The SMILES string of the molecule is COc1cccc(NC(=S)Nc2c(C)nn(Cc3ccc(F)cc3Cl)c2C)c1. The van der Waals surface area contributed by atoms with Crippen molar-refractivity contribution in [1.82, 2.24) is 9.78 Å². The Morgan fingerprint density at radius 1 is 1.21 bits per heavy atom. The van der Waals surface area contributed by atoms with Gasteiger partial charge in [0.2, 0.25) is 0 Å². The Labute approximate surface area is 173 Å². The predicted molar refractivity (Wildman–Crippen MR) is 115 cm³/mol. The number of halogens is 2. The number of ether oxygens (including phenoxy) is 1. The van der Waals surface area contributed by atoms with Crippen LogP contribution in [0.3, 0.4) is 0 Å². The average molecular weight is 419 g/mol. The second-order valence-corrected chi connectivity index (χ2v) is 7.07. The van der Waals surface area contributed by atoms with Crippen LogP contribution in [0.2, 0.25) is 5.02 Å². The molecule has 1 heterocycles. The van der Waals surface area contributed by atoms with Gasteiger partial charge in [-0.25, -0.2) is 4.39 Å². The third-order valence-electron chi connectivity index (χ3n) is 4.28. The predicted octanol–water partition coefficient (Wildman–Crippen LogP) is 5.16. The van der Waals surface area contributed by atoms with Gasteiger partial charge in [0, 0.05) is 16.8 Å². The summed E-state index contributed by atoms with van der Waals surface area (Å²) in [6.07, 6.45) is 0. The van der Waals surface area contributed by atoms with E-state index in [0.717, 1.165) is 34.1 Å². The minimum absolute atomic E-state index is 0.363. The van der Waals surface area contributed by atoms with E-state index in [2.05, 4.69) is 15.7 Å². The van der Waals surface area contributed by atoms with Crippen LogP contribution in [-0.4, -0.2) is 22.0 Å². The maximum atomic E-state index is 13.3. The number of nitrogens with zero attached hydrogens (tertiary/aromatic N) is 2. The van der Waals surface area contributed by atoms with Crippen molar-refractivity contribution in [2.75, 3.05) is 17.7 Å². The summed E-state index contributed by atoms with van der Waals surface area (Å²) in [6.45, 7) is 4.27. The maximum absolute atomic E-state index is 13.3. The van der Waals surface area contributed by atoms with Crippen LogP contribution in [0.4, 0.5) is 15.8 Å². The van der Waals surface area contributed by atoms with Crippen LogP contribution in [0.15, 0.2) is 42.5 Å². The molecule has 146 valence electrons. The first kappa shape index (κ1) is 20.1. The Kier molecular flexibility index (Phi) is 6.16. The molecule has 0 radical (unpaired) electrons. The summed E-state index contributed by atoms with van der Waals surface area (Å²) < 4.78 is 20.3. The molecule has 0 saturated heterocycles. The van der Waals surface area contributed by atoms with Crippen molar-refractivity contribution < 1.29 is 9.13 Å². The first-order valence-corrected chi connectivity index (χ1v) is 9.36. The maximum Gasteiger partial charge on any atom is 0.175 e. The Balaban J connectivity index is 1.75. The first-order valence-electron chi connectivity index (χ1n) is 8.57. The molecule has 0 fully saturated rings. The average Bonchev–Trinajstić information content (AvgIpc) is 2.91. The number of anilines is 2. The fourth-order valence-electron chi connectivity index (χ4n) is 2.82. The molecule has 0 saturated carbocycles. The van der Waals surface area contributed by atoms with Crippen molar-refractivity contribution in [3.05, 3.63) is 70.3 Å². The second-order valence-electron chi connectivity index (χ2n) is 6.25. The molecule has 1 aromatic heterocycles. The minimum atomic E-state index is -0.363. The minimum Gasteiger partial charge on any atom is -0.497 e. The van der Waals surface area contributed by atoms with E-state index in [0.29, 0.717) is 16.7 Å². The molecular formula is C20H20ClFN4OS. The van der Waals surface area contributed by atoms with E-state index in [1.54, 1.807) is 13.2 Å². The molecule has 28 heavy (non-hydrogen) atoms. The number of aryl methyl sites for hydroxylation is 1. The molecule has 2 aromatic carbocycles. The largest absolute Gasteiger partial charge is 0.497 e. The number of benzene rings is 2. The van der Waals surface area contributed by atoms with Crippen LogP contribution in [-0.2, 0) is 6.54 Å². The molecule has 0 unspecified atom stereocenters. The summed E-state index contributed by atoms with van der Waals surface area (Å²) in [5.41, 5.74) is 4.12. The Bertz CT molecular complexity index is 1020. The first-order chi connectivity index (χ1) is 13.4. The lowest BCUT2D eigenvalue weighted by molar-refractivity contribution is 0.415. The van der Waals surface area contributed by atoms with Crippen molar-refractivity contribution in [3.63, 3.8) is 0 Å². The van der Waals surface area contributed by atoms with Crippen molar-refractivity contribution in [1.29, 1.82) is 0 Å². The van der Waals surface area contributed by atoms with E-state index in [-0.39, 0.29) is 5.82 Å². The van der Waals surface area contributed by atoms with Gasteiger partial charge in [-0.2, -0.15) is 5.10 Å². The molecule has 2 N–H and O–H groups in total. The Morgan fingerprint density at radius 2 is 2.00 bits per heavy atom. The zero-order valence-electron chi connectivity index (χ0n) is 15.7. The third-order valence-corrected chi connectivity index (χ3v) is 4.84. The molecule has 3 aromatic rings. The van der Waals surface area contributed by atoms with Gasteiger partial charge in [-0.15, -0.1) is 0 Å². The lowest BCUT2D eigenvalue weighted by Gasteiger charge is -2.12. The quantitative estimate of drug-likeness (QED) is 0.560.